The topological polar surface area (TPSA) is 72.8 Å². The number of ether oxygens (including phenoxy) is 2. The van der Waals surface area contributed by atoms with Crippen molar-refractivity contribution in [2.75, 3.05) is 0 Å². The lowest BCUT2D eigenvalue weighted by atomic mass is 10.2. The average Bonchev–Trinajstić information content (AvgIpc) is 2.52. The van der Waals surface area contributed by atoms with Crippen molar-refractivity contribution >= 4 is 23.5 Å². The molecule has 0 bridgehead atoms. The predicted molar refractivity (Wildman–Crippen MR) is 89.7 cm³/mol. The summed E-state index contributed by atoms with van der Waals surface area (Å²) in [6, 6.07) is 8.64. The molecule has 0 aliphatic heterocycles. The predicted octanol–water partition coefficient (Wildman–Crippen LogP) is 4.05. The first-order chi connectivity index (χ1) is 11.3. The van der Waals surface area contributed by atoms with Crippen LogP contribution in [0.2, 0.25) is 5.02 Å². The van der Waals surface area contributed by atoms with E-state index in [1.165, 1.54) is 30.3 Å². The smallest absolute Gasteiger partial charge is 0.347 e. The van der Waals surface area contributed by atoms with Gasteiger partial charge in [0, 0.05) is 10.6 Å². The van der Waals surface area contributed by atoms with Crippen LogP contribution in [-0.4, -0.2) is 17.0 Å². The Morgan fingerprint density at radius 3 is 2.46 bits per heavy atom. The van der Waals surface area contributed by atoms with Gasteiger partial charge in [0.15, 0.2) is 0 Å². The van der Waals surface area contributed by atoms with E-state index in [0.717, 1.165) is 0 Å². The Kier molecular flexibility index (Phi) is 5.26. The second kappa shape index (κ2) is 7.19. The van der Waals surface area contributed by atoms with Gasteiger partial charge in [0.25, 0.3) is 0 Å². The van der Waals surface area contributed by atoms with Gasteiger partial charge in [0.2, 0.25) is 0 Å². The maximum absolute atomic E-state index is 12.2. The van der Waals surface area contributed by atoms with E-state index < -0.39 is 11.9 Å². The highest BCUT2D eigenvalue weighted by Gasteiger charge is 2.16. The van der Waals surface area contributed by atoms with Gasteiger partial charge in [-0.15, -0.1) is 0 Å². The molecule has 0 aliphatic carbocycles. The van der Waals surface area contributed by atoms with Gasteiger partial charge in [-0.25, -0.2) is 9.59 Å². The zero-order chi connectivity index (χ0) is 17.9. The normalized spacial score (nSPS) is 10.1. The van der Waals surface area contributed by atoms with Crippen molar-refractivity contribution in [2.24, 2.45) is 0 Å². The van der Waals surface area contributed by atoms with Crippen molar-refractivity contribution < 1.29 is 24.2 Å². The quantitative estimate of drug-likeness (QED) is 0.513. The van der Waals surface area contributed by atoms with Crippen LogP contribution in [0.25, 0.3) is 0 Å². The van der Waals surface area contributed by atoms with Gasteiger partial charge >= 0.3 is 11.9 Å². The zero-order valence-corrected chi connectivity index (χ0v) is 13.9. The summed E-state index contributed by atoms with van der Waals surface area (Å²) in [5.74, 6) is -0.928. The molecular formula is C18H15ClO5. The molecule has 0 aliphatic rings. The molecule has 5 nitrogen and oxygen atoms in total. The number of rotatable bonds is 4. The molecule has 2 rings (SSSR count). The summed E-state index contributed by atoms with van der Waals surface area (Å²) in [6.45, 7) is 6.74. The van der Waals surface area contributed by atoms with Crippen molar-refractivity contribution in [3.63, 3.8) is 0 Å². The lowest BCUT2D eigenvalue weighted by Gasteiger charge is -2.10. The largest absolute Gasteiger partial charge is 0.507 e. The number of phenolic OH excluding ortho intramolecular Hbond substituents is 1. The fourth-order valence-corrected chi connectivity index (χ4v) is 1.99. The lowest BCUT2D eigenvalue weighted by Crippen LogP contribution is -2.11. The van der Waals surface area contributed by atoms with Crippen LogP contribution < -0.4 is 9.47 Å². The van der Waals surface area contributed by atoms with Crippen LogP contribution in [0, 0.1) is 6.92 Å². The summed E-state index contributed by atoms with van der Waals surface area (Å²) in [5.41, 5.74) is 0.816. The molecule has 1 N–H and O–H groups in total. The summed E-state index contributed by atoms with van der Waals surface area (Å²) < 4.78 is 10.4. The maximum atomic E-state index is 12.2. The first-order valence-electron chi connectivity index (χ1n) is 6.97. The maximum Gasteiger partial charge on any atom is 0.347 e. The first-order valence-corrected chi connectivity index (χ1v) is 7.34. The highest BCUT2D eigenvalue weighted by molar-refractivity contribution is 6.31. The second-order valence-corrected chi connectivity index (χ2v) is 5.58. The van der Waals surface area contributed by atoms with Crippen molar-refractivity contribution in [1.82, 2.24) is 0 Å². The molecule has 0 heterocycles. The Morgan fingerprint density at radius 2 is 1.83 bits per heavy atom. The number of carbonyl (C=O) groups excluding carboxylic acids is 2. The van der Waals surface area contributed by atoms with E-state index in [1.807, 2.05) is 0 Å². The molecule has 0 radical (unpaired) electrons. The monoisotopic (exact) mass is 346 g/mol. The van der Waals surface area contributed by atoms with Gasteiger partial charge in [-0.1, -0.05) is 18.2 Å². The summed E-state index contributed by atoms with van der Waals surface area (Å²) in [4.78, 5) is 23.6. The third-order valence-corrected chi connectivity index (χ3v) is 3.32. The molecule has 0 spiro atoms. The summed E-state index contributed by atoms with van der Waals surface area (Å²) >= 11 is 5.82. The summed E-state index contributed by atoms with van der Waals surface area (Å²) in [6.07, 6.45) is 0. The van der Waals surface area contributed by atoms with Crippen molar-refractivity contribution in [1.29, 1.82) is 0 Å². The van der Waals surface area contributed by atoms with Gasteiger partial charge in [-0.3, -0.25) is 0 Å². The van der Waals surface area contributed by atoms with Crippen LogP contribution in [-0.2, 0) is 4.79 Å². The minimum absolute atomic E-state index is 0.0420. The van der Waals surface area contributed by atoms with Gasteiger partial charge in [0.1, 0.15) is 22.8 Å². The molecule has 2 aromatic carbocycles. The van der Waals surface area contributed by atoms with Crippen LogP contribution in [0.1, 0.15) is 22.8 Å². The van der Waals surface area contributed by atoms with Crippen LogP contribution in [0.5, 0.6) is 17.2 Å². The molecule has 0 amide bonds. The molecule has 6 heteroatoms. The Labute approximate surface area is 144 Å². The first kappa shape index (κ1) is 17.6. The van der Waals surface area contributed by atoms with Gasteiger partial charge in [-0.05, 0) is 55.8 Å². The van der Waals surface area contributed by atoms with Crippen molar-refractivity contribution in [3.05, 3.63) is 64.7 Å². The number of phenols is 1. The highest BCUT2D eigenvalue weighted by Crippen LogP contribution is 2.27. The van der Waals surface area contributed by atoms with Gasteiger partial charge in [0.05, 0.1) is 0 Å². The van der Waals surface area contributed by atoms with Crippen LogP contribution in [0.15, 0.2) is 48.6 Å². The molecule has 24 heavy (non-hydrogen) atoms. The standard InChI is InChI=1S/C18H15ClO5/c1-10(2)17(21)23-13-5-7-16(11(3)8-13)24-18(22)14-9-12(19)4-6-15(14)20/h4-9,20H,1H2,2-3H3. The molecule has 0 aromatic heterocycles. The molecule has 2 aromatic rings. The third-order valence-electron chi connectivity index (χ3n) is 3.09. The number of carbonyl (C=O) groups is 2. The Balaban J connectivity index is 2.18. The van der Waals surface area contributed by atoms with Crippen LogP contribution >= 0.6 is 11.6 Å². The number of halogens is 1. The van der Waals surface area contributed by atoms with E-state index in [2.05, 4.69) is 6.58 Å². The number of hydrogen-bond donors (Lipinski definition) is 1. The van der Waals surface area contributed by atoms with E-state index in [1.54, 1.807) is 19.9 Å². The fraction of sp³-hybridized carbons (Fsp3) is 0.111. The third kappa shape index (κ3) is 4.14. The molecule has 0 unspecified atom stereocenters. The molecular weight excluding hydrogens is 332 g/mol. The van der Waals surface area contributed by atoms with Gasteiger partial charge < -0.3 is 14.6 Å². The number of esters is 2. The molecule has 0 saturated carbocycles. The number of benzene rings is 2. The number of aryl methyl sites for hydroxylation is 1. The van der Waals surface area contributed by atoms with Crippen molar-refractivity contribution in [2.45, 2.75) is 13.8 Å². The van der Waals surface area contributed by atoms with E-state index in [9.17, 15) is 14.7 Å². The zero-order valence-electron chi connectivity index (χ0n) is 13.1. The van der Waals surface area contributed by atoms with E-state index in [4.69, 9.17) is 21.1 Å². The second-order valence-electron chi connectivity index (χ2n) is 5.15. The summed E-state index contributed by atoms with van der Waals surface area (Å²) in [7, 11) is 0. The SMILES string of the molecule is C=C(C)C(=O)Oc1ccc(OC(=O)c2cc(Cl)ccc2O)c(C)c1. The van der Waals surface area contributed by atoms with Crippen LogP contribution in [0.4, 0.5) is 0 Å². The Hall–Kier alpha value is -2.79. The van der Waals surface area contributed by atoms with E-state index in [0.29, 0.717) is 16.3 Å². The summed E-state index contributed by atoms with van der Waals surface area (Å²) in [5, 5.41) is 10.0. The Morgan fingerprint density at radius 1 is 1.12 bits per heavy atom. The van der Waals surface area contributed by atoms with E-state index >= 15 is 0 Å². The minimum Gasteiger partial charge on any atom is -0.507 e. The lowest BCUT2D eigenvalue weighted by molar-refractivity contribution is -0.130. The van der Waals surface area contributed by atoms with Crippen LogP contribution in [0.3, 0.4) is 0 Å². The Bertz CT molecular complexity index is 826. The fourth-order valence-electron chi connectivity index (χ4n) is 1.82. The van der Waals surface area contributed by atoms with E-state index in [-0.39, 0.29) is 22.6 Å². The number of hydrogen-bond acceptors (Lipinski definition) is 5. The molecule has 0 saturated heterocycles. The minimum atomic E-state index is -0.746. The molecule has 0 fully saturated rings. The molecule has 124 valence electrons. The highest BCUT2D eigenvalue weighted by atomic mass is 35.5. The van der Waals surface area contributed by atoms with Crippen molar-refractivity contribution in [3.8, 4) is 17.2 Å². The molecule has 0 atom stereocenters. The van der Waals surface area contributed by atoms with Gasteiger partial charge in [-0.2, -0.15) is 0 Å². The average molecular weight is 347 g/mol. The number of aromatic hydroxyl groups is 1.